The summed E-state index contributed by atoms with van der Waals surface area (Å²) in [5.74, 6) is -1.78. The van der Waals surface area contributed by atoms with Gasteiger partial charge in [-0.1, -0.05) is 48.5 Å². The highest BCUT2D eigenvalue weighted by atomic mass is 32.2. The minimum Gasteiger partial charge on any atom is -0.480 e. The Kier molecular flexibility index (Phi) is 9.54. The highest BCUT2D eigenvalue weighted by molar-refractivity contribution is 7.99. The van der Waals surface area contributed by atoms with Crippen molar-refractivity contribution in [2.24, 2.45) is 0 Å². The van der Waals surface area contributed by atoms with Crippen LogP contribution in [0.4, 0.5) is 4.79 Å². The van der Waals surface area contributed by atoms with Gasteiger partial charge in [0.15, 0.2) is 0 Å². The van der Waals surface area contributed by atoms with Crippen molar-refractivity contribution in [3.8, 4) is 11.1 Å². The fourth-order valence-corrected chi connectivity index (χ4v) is 4.56. The molecule has 2 aromatic rings. The average molecular weight is 501 g/mol. The van der Waals surface area contributed by atoms with E-state index in [2.05, 4.69) is 27.5 Å². The van der Waals surface area contributed by atoms with Gasteiger partial charge in [0.2, 0.25) is 5.91 Å². The van der Waals surface area contributed by atoms with Crippen LogP contribution in [0.5, 0.6) is 0 Å². The molecule has 0 saturated heterocycles. The van der Waals surface area contributed by atoms with Crippen molar-refractivity contribution in [2.75, 3.05) is 31.8 Å². The molecule has 9 nitrogen and oxygen atoms in total. The van der Waals surface area contributed by atoms with E-state index in [4.69, 9.17) is 4.74 Å². The van der Waals surface area contributed by atoms with Gasteiger partial charge in [-0.3, -0.25) is 9.59 Å². The quantitative estimate of drug-likeness (QED) is 0.300. The summed E-state index contributed by atoms with van der Waals surface area (Å²) < 4.78 is 9.94. The zero-order valence-electron chi connectivity index (χ0n) is 19.3. The maximum absolute atomic E-state index is 12.2. The fourth-order valence-electron chi connectivity index (χ4n) is 3.90. The number of aliphatic carboxylic acids is 1. The third kappa shape index (κ3) is 7.22. The predicted octanol–water partition coefficient (Wildman–Crippen LogP) is 2.78. The van der Waals surface area contributed by atoms with E-state index >= 15 is 0 Å². The number of hydrogen-bond acceptors (Lipinski definition) is 7. The predicted molar refractivity (Wildman–Crippen MR) is 131 cm³/mol. The van der Waals surface area contributed by atoms with Gasteiger partial charge in [0.1, 0.15) is 12.6 Å². The standard InChI is InChI=1S/C25H28N2O7S/c1-33-23(29)11-10-21(24(30)31)27-22(28)15-35-13-12-26-25(32)34-14-20-18-8-4-2-6-16(18)17-7-3-5-9-19(17)20/h2-9,20-21H,10-15H2,1H3,(H,26,32)(H,27,28)(H,30,31)/t21-/m0/s1. The largest absolute Gasteiger partial charge is 0.480 e. The molecular weight excluding hydrogens is 472 g/mol. The lowest BCUT2D eigenvalue weighted by molar-refractivity contribution is -0.143. The lowest BCUT2D eigenvalue weighted by atomic mass is 9.98. The van der Waals surface area contributed by atoms with E-state index < -0.39 is 30.0 Å². The summed E-state index contributed by atoms with van der Waals surface area (Å²) in [6.07, 6.45) is -0.696. The molecule has 1 aliphatic carbocycles. The number of nitrogens with one attached hydrogen (secondary N) is 2. The molecule has 3 N–H and O–H groups in total. The lowest BCUT2D eigenvalue weighted by Crippen LogP contribution is -2.42. The van der Waals surface area contributed by atoms with Gasteiger partial charge in [-0.2, -0.15) is 11.8 Å². The molecule has 2 aromatic carbocycles. The number of esters is 1. The number of alkyl carbamates (subject to hydrolysis) is 1. The van der Waals surface area contributed by atoms with Crippen LogP contribution in [0.25, 0.3) is 11.1 Å². The van der Waals surface area contributed by atoms with Crippen LogP contribution in [0.2, 0.25) is 0 Å². The van der Waals surface area contributed by atoms with Crippen molar-refractivity contribution in [1.29, 1.82) is 0 Å². The number of amides is 2. The van der Waals surface area contributed by atoms with Crippen LogP contribution in [0.3, 0.4) is 0 Å². The smallest absolute Gasteiger partial charge is 0.407 e. The summed E-state index contributed by atoms with van der Waals surface area (Å²) in [6.45, 7) is 0.511. The van der Waals surface area contributed by atoms with Crippen molar-refractivity contribution in [3.63, 3.8) is 0 Å². The molecule has 0 bridgehead atoms. The molecule has 1 atom stereocenters. The SMILES string of the molecule is COC(=O)CC[C@H](NC(=O)CSCCNC(=O)OCC1c2ccccc2-c2ccccc21)C(=O)O. The van der Waals surface area contributed by atoms with Crippen LogP contribution < -0.4 is 10.6 Å². The van der Waals surface area contributed by atoms with Crippen molar-refractivity contribution in [3.05, 3.63) is 59.7 Å². The average Bonchev–Trinajstić information content (AvgIpc) is 3.18. The van der Waals surface area contributed by atoms with Gasteiger partial charge >= 0.3 is 18.0 Å². The first-order valence-corrected chi connectivity index (χ1v) is 12.3. The molecule has 35 heavy (non-hydrogen) atoms. The summed E-state index contributed by atoms with van der Waals surface area (Å²) in [7, 11) is 1.21. The molecule has 0 spiro atoms. The first kappa shape index (κ1) is 26.1. The Morgan fingerprint density at radius 2 is 1.66 bits per heavy atom. The third-order valence-corrected chi connectivity index (χ3v) is 6.55. The number of thioether (sulfide) groups is 1. The number of benzene rings is 2. The van der Waals surface area contributed by atoms with E-state index in [0.29, 0.717) is 12.3 Å². The first-order valence-electron chi connectivity index (χ1n) is 11.2. The molecular formula is C25H28N2O7S. The maximum atomic E-state index is 12.2. The molecule has 186 valence electrons. The van der Waals surface area contributed by atoms with Gasteiger partial charge in [-0.25, -0.2) is 9.59 Å². The molecule has 0 saturated carbocycles. The van der Waals surface area contributed by atoms with Crippen molar-refractivity contribution in [1.82, 2.24) is 10.6 Å². The molecule has 3 rings (SSSR count). The molecule has 0 radical (unpaired) electrons. The number of carbonyl (C=O) groups is 4. The van der Waals surface area contributed by atoms with E-state index in [1.807, 2.05) is 36.4 Å². The summed E-state index contributed by atoms with van der Waals surface area (Å²) in [4.78, 5) is 46.6. The van der Waals surface area contributed by atoms with Crippen LogP contribution in [0.1, 0.15) is 29.9 Å². The van der Waals surface area contributed by atoms with Gasteiger partial charge in [0, 0.05) is 24.6 Å². The van der Waals surface area contributed by atoms with Gasteiger partial charge in [0.25, 0.3) is 0 Å². The topological polar surface area (TPSA) is 131 Å². The van der Waals surface area contributed by atoms with Gasteiger partial charge < -0.3 is 25.2 Å². The minimum absolute atomic E-state index is 0.0208. The van der Waals surface area contributed by atoms with Crippen LogP contribution in [0.15, 0.2) is 48.5 Å². The second kappa shape index (κ2) is 12.8. The number of hydrogen-bond donors (Lipinski definition) is 3. The van der Waals surface area contributed by atoms with E-state index in [0.717, 1.165) is 22.3 Å². The Labute approximate surface area is 207 Å². The Bertz CT molecular complexity index is 1030. The lowest BCUT2D eigenvalue weighted by Gasteiger charge is -2.15. The number of ether oxygens (including phenoxy) is 2. The number of carboxylic acids is 1. The van der Waals surface area contributed by atoms with E-state index in [9.17, 15) is 24.3 Å². The third-order valence-electron chi connectivity index (χ3n) is 5.59. The Morgan fingerprint density at radius 3 is 2.26 bits per heavy atom. The molecule has 0 aromatic heterocycles. The zero-order chi connectivity index (χ0) is 25.2. The van der Waals surface area contributed by atoms with E-state index in [-0.39, 0.29) is 31.1 Å². The zero-order valence-corrected chi connectivity index (χ0v) is 20.1. The molecule has 1 aliphatic rings. The molecule has 10 heteroatoms. The first-order chi connectivity index (χ1) is 16.9. The van der Waals surface area contributed by atoms with Crippen LogP contribution in [0, 0.1) is 0 Å². The number of methoxy groups -OCH3 is 1. The van der Waals surface area contributed by atoms with Crippen LogP contribution in [-0.4, -0.2) is 66.9 Å². The Balaban J connectivity index is 1.35. The van der Waals surface area contributed by atoms with Gasteiger partial charge in [-0.05, 0) is 28.7 Å². The highest BCUT2D eigenvalue weighted by Gasteiger charge is 2.29. The second-order valence-electron chi connectivity index (χ2n) is 7.88. The highest BCUT2D eigenvalue weighted by Crippen LogP contribution is 2.44. The van der Waals surface area contributed by atoms with Crippen LogP contribution >= 0.6 is 11.8 Å². The summed E-state index contributed by atoms with van der Waals surface area (Å²) >= 11 is 1.24. The second-order valence-corrected chi connectivity index (χ2v) is 8.98. The molecule has 0 aliphatic heterocycles. The van der Waals surface area contributed by atoms with Gasteiger partial charge in [-0.15, -0.1) is 0 Å². The van der Waals surface area contributed by atoms with Crippen LogP contribution in [-0.2, 0) is 23.9 Å². The maximum Gasteiger partial charge on any atom is 0.407 e. The molecule has 0 fully saturated rings. The van der Waals surface area contributed by atoms with Crippen molar-refractivity contribution >= 4 is 35.7 Å². The molecule has 0 heterocycles. The molecule has 2 amide bonds. The van der Waals surface area contributed by atoms with Crippen molar-refractivity contribution < 1.29 is 33.8 Å². The number of carbonyl (C=O) groups excluding carboxylic acids is 3. The monoisotopic (exact) mass is 500 g/mol. The van der Waals surface area contributed by atoms with Crippen molar-refractivity contribution in [2.45, 2.75) is 24.8 Å². The summed E-state index contributed by atoms with van der Waals surface area (Å²) in [6, 6.07) is 15.0. The molecule has 0 unspecified atom stereocenters. The number of carboxylic acid groups (broad SMARTS) is 1. The van der Waals surface area contributed by atoms with Gasteiger partial charge in [0.05, 0.1) is 12.9 Å². The Morgan fingerprint density at radius 1 is 1.03 bits per heavy atom. The van der Waals surface area contributed by atoms with E-state index in [1.165, 1.54) is 18.9 Å². The Hall–Kier alpha value is -3.53. The normalized spacial score (nSPS) is 12.7. The summed E-state index contributed by atoms with van der Waals surface area (Å²) in [5.41, 5.74) is 4.58. The minimum atomic E-state index is -1.22. The van der Waals surface area contributed by atoms with E-state index in [1.54, 1.807) is 0 Å². The number of rotatable bonds is 12. The summed E-state index contributed by atoms with van der Waals surface area (Å²) in [5, 5.41) is 14.2. The fraction of sp³-hybridized carbons (Fsp3) is 0.360. The number of fused-ring (bicyclic) bond motifs is 3.